The molecule has 1 saturated heterocycles. The maximum atomic E-state index is 10.1. The third kappa shape index (κ3) is 3.80. The van der Waals surface area contributed by atoms with E-state index < -0.39 is 37.3 Å². The lowest BCUT2D eigenvalue weighted by atomic mass is 9.75. The summed E-state index contributed by atoms with van der Waals surface area (Å²) in [6.07, 6.45) is -2.90. The molecule has 0 spiro atoms. The van der Waals surface area contributed by atoms with Crippen LogP contribution in [-0.2, 0) is 9.47 Å². The molecule has 8 atom stereocenters. The van der Waals surface area contributed by atoms with Gasteiger partial charge in [0.15, 0.2) is 6.29 Å². The number of aliphatic hydroxyl groups excluding tert-OH is 4. The van der Waals surface area contributed by atoms with Crippen molar-refractivity contribution in [3.05, 3.63) is 0 Å². The summed E-state index contributed by atoms with van der Waals surface area (Å²) in [7, 11) is 0. The van der Waals surface area contributed by atoms with Gasteiger partial charge in [-0.05, 0) is 30.6 Å². The first-order valence-electron chi connectivity index (χ1n) is 8.31. The van der Waals surface area contributed by atoms with Crippen molar-refractivity contribution in [2.75, 3.05) is 6.61 Å². The molecule has 0 amide bonds. The first kappa shape index (κ1) is 18.1. The third-order valence-corrected chi connectivity index (χ3v) is 5.12. The highest BCUT2D eigenvalue weighted by Gasteiger charge is 2.46. The van der Waals surface area contributed by atoms with Gasteiger partial charge in [-0.3, -0.25) is 0 Å². The van der Waals surface area contributed by atoms with Crippen LogP contribution in [0.15, 0.2) is 0 Å². The van der Waals surface area contributed by atoms with Crippen LogP contribution in [0, 0.1) is 17.8 Å². The Morgan fingerprint density at radius 3 is 2.36 bits per heavy atom. The molecule has 1 heterocycles. The molecule has 130 valence electrons. The molecule has 1 aliphatic carbocycles. The maximum absolute atomic E-state index is 10.1. The molecule has 4 N–H and O–H groups in total. The normalized spacial score (nSPS) is 46.9. The van der Waals surface area contributed by atoms with Gasteiger partial charge in [-0.15, -0.1) is 0 Å². The Labute approximate surface area is 132 Å². The van der Waals surface area contributed by atoms with Crippen LogP contribution in [0.25, 0.3) is 0 Å². The molecule has 6 nitrogen and oxygen atoms in total. The van der Waals surface area contributed by atoms with E-state index in [0.29, 0.717) is 17.8 Å². The summed E-state index contributed by atoms with van der Waals surface area (Å²) in [4.78, 5) is 0. The number of hydrogen-bond donors (Lipinski definition) is 4. The van der Waals surface area contributed by atoms with Crippen molar-refractivity contribution in [1.29, 1.82) is 0 Å². The van der Waals surface area contributed by atoms with Crippen LogP contribution in [0.1, 0.15) is 40.0 Å². The molecule has 0 aromatic carbocycles. The molecule has 1 saturated carbocycles. The lowest BCUT2D eigenvalue weighted by Gasteiger charge is -2.44. The van der Waals surface area contributed by atoms with Gasteiger partial charge in [-0.25, -0.2) is 0 Å². The SMILES string of the molecule is CC1CCC(C(C)C)C(OC2O[C@H](CO)[C@@H](O)[C@H](O)[C@H]2O)C1. The van der Waals surface area contributed by atoms with Crippen LogP contribution in [0.2, 0.25) is 0 Å². The van der Waals surface area contributed by atoms with Gasteiger partial charge >= 0.3 is 0 Å². The van der Waals surface area contributed by atoms with Gasteiger partial charge in [0, 0.05) is 0 Å². The Morgan fingerprint density at radius 1 is 1.09 bits per heavy atom. The highest BCUT2D eigenvalue weighted by molar-refractivity contribution is 4.90. The van der Waals surface area contributed by atoms with Crippen molar-refractivity contribution >= 4 is 0 Å². The smallest absolute Gasteiger partial charge is 0.186 e. The van der Waals surface area contributed by atoms with E-state index in [1.807, 2.05) is 0 Å². The van der Waals surface area contributed by atoms with E-state index in [9.17, 15) is 20.4 Å². The fraction of sp³-hybridized carbons (Fsp3) is 1.00. The minimum absolute atomic E-state index is 0.0508. The third-order valence-electron chi connectivity index (χ3n) is 5.12. The van der Waals surface area contributed by atoms with Crippen LogP contribution < -0.4 is 0 Å². The molecule has 22 heavy (non-hydrogen) atoms. The van der Waals surface area contributed by atoms with E-state index in [2.05, 4.69) is 20.8 Å². The molecule has 2 fully saturated rings. The van der Waals surface area contributed by atoms with Crippen LogP contribution >= 0.6 is 0 Å². The van der Waals surface area contributed by atoms with Gasteiger partial charge in [0.1, 0.15) is 24.4 Å². The minimum Gasteiger partial charge on any atom is -0.394 e. The van der Waals surface area contributed by atoms with Gasteiger partial charge in [0.2, 0.25) is 0 Å². The van der Waals surface area contributed by atoms with Crippen molar-refractivity contribution in [3.8, 4) is 0 Å². The highest BCUT2D eigenvalue weighted by atomic mass is 16.7. The molecule has 6 heteroatoms. The van der Waals surface area contributed by atoms with Crippen molar-refractivity contribution in [1.82, 2.24) is 0 Å². The minimum atomic E-state index is -1.38. The fourth-order valence-corrected chi connectivity index (χ4v) is 3.62. The summed E-state index contributed by atoms with van der Waals surface area (Å²) in [5.41, 5.74) is 0. The van der Waals surface area contributed by atoms with Crippen LogP contribution in [0.5, 0.6) is 0 Å². The first-order chi connectivity index (χ1) is 10.3. The monoisotopic (exact) mass is 318 g/mol. The van der Waals surface area contributed by atoms with E-state index in [1.165, 1.54) is 0 Å². The summed E-state index contributed by atoms with van der Waals surface area (Å²) in [6.45, 7) is 6.06. The Bertz CT molecular complexity index is 348. The topological polar surface area (TPSA) is 99.4 Å². The van der Waals surface area contributed by atoms with Gasteiger partial charge in [0.05, 0.1) is 12.7 Å². The Kier molecular flexibility index (Phi) is 6.22. The average molecular weight is 318 g/mol. The molecular formula is C16H30O6. The second-order valence-electron chi connectivity index (χ2n) is 7.20. The summed E-state index contributed by atoms with van der Waals surface area (Å²) in [5, 5.41) is 39.0. The predicted octanol–water partition coefficient (Wildman–Crippen LogP) is 0.264. The summed E-state index contributed by atoms with van der Waals surface area (Å²) in [5.74, 6) is 1.39. The van der Waals surface area contributed by atoms with Crippen LogP contribution in [0.4, 0.5) is 0 Å². The van der Waals surface area contributed by atoms with E-state index in [1.54, 1.807) is 0 Å². The number of aliphatic hydroxyl groups is 4. The fourth-order valence-electron chi connectivity index (χ4n) is 3.62. The molecule has 2 rings (SSSR count). The maximum Gasteiger partial charge on any atom is 0.186 e. The lowest BCUT2D eigenvalue weighted by Crippen LogP contribution is -2.60. The van der Waals surface area contributed by atoms with Crippen molar-refractivity contribution in [3.63, 3.8) is 0 Å². The van der Waals surface area contributed by atoms with Crippen molar-refractivity contribution in [2.24, 2.45) is 17.8 Å². The standard InChI is InChI=1S/C16H30O6/c1-8(2)10-5-4-9(3)6-11(10)21-16-15(20)14(19)13(18)12(7-17)22-16/h8-20H,4-7H2,1-3H3/t9?,10?,11?,12-,13-,14+,15-,16?/m1/s1. The van der Waals surface area contributed by atoms with E-state index in [-0.39, 0.29) is 6.10 Å². The quantitative estimate of drug-likeness (QED) is 0.593. The number of rotatable bonds is 4. The largest absolute Gasteiger partial charge is 0.394 e. The highest BCUT2D eigenvalue weighted by Crippen LogP contribution is 2.37. The summed E-state index contributed by atoms with van der Waals surface area (Å²) < 4.78 is 11.4. The lowest BCUT2D eigenvalue weighted by molar-refractivity contribution is -0.318. The molecule has 0 aromatic rings. The molecule has 4 unspecified atom stereocenters. The Balaban J connectivity index is 2.06. The number of ether oxygens (including phenoxy) is 2. The molecule has 0 aromatic heterocycles. The van der Waals surface area contributed by atoms with E-state index >= 15 is 0 Å². The second kappa shape index (κ2) is 7.55. The van der Waals surface area contributed by atoms with Crippen LogP contribution in [0.3, 0.4) is 0 Å². The molecular weight excluding hydrogens is 288 g/mol. The zero-order valence-corrected chi connectivity index (χ0v) is 13.6. The van der Waals surface area contributed by atoms with Crippen LogP contribution in [-0.4, -0.2) is 63.8 Å². The predicted molar refractivity (Wildman–Crippen MR) is 80.0 cm³/mol. The van der Waals surface area contributed by atoms with Gasteiger partial charge in [-0.2, -0.15) is 0 Å². The molecule has 0 bridgehead atoms. The van der Waals surface area contributed by atoms with Crippen molar-refractivity contribution in [2.45, 2.75) is 76.8 Å². The Hall–Kier alpha value is -0.240. The van der Waals surface area contributed by atoms with E-state index in [0.717, 1.165) is 19.3 Å². The number of hydrogen-bond acceptors (Lipinski definition) is 6. The first-order valence-corrected chi connectivity index (χ1v) is 8.31. The van der Waals surface area contributed by atoms with Gasteiger partial charge < -0.3 is 29.9 Å². The second-order valence-corrected chi connectivity index (χ2v) is 7.20. The van der Waals surface area contributed by atoms with Gasteiger partial charge in [0.25, 0.3) is 0 Å². The molecule has 2 aliphatic rings. The average Bonchev–Trinajstić information content (AvgIpc) is 2.47. The van der Waals surface area contributed by atoms with Crippen molar-refractivity contribution < 1.29 is 29.9 Å². The Morgan fingerprint density at radius 2 is 1.77 bits per heavy atom. The molecule has 0 radical (unpaired) electrons. The molecule has 1 aliphatic heterocycles. The zero-order chi connectivity index (χ0) is 16.4. The zero-order valence-electron chi connectivity index (χ0n) is 13.6. The summed E-state index contributed by atoms with van der Waals surface area (Å²) >= 11 is 0. The van der Waals surface area contributed by atoms with Gasteiger partial charge in [-0.1, -0.05) is 27.2 Å². The van der Waals surface area contributed by atoms with E-state index in [4.69, 9.17) is 9.47 Å². The summed E-state index contributed by atoms with van der Waals surface area (Å²) in [6, 6.07) is 0.